The van der Waals surface area contributed by atoms with Gasteiger partial charge in [0.15, 0.2) is 25.7 Å². The second-order valence-electron chi connectivity index (χ2n) is 5.42. The first kappa shape index (κ1) is 25.7. The summed E-state index contributed by atoms with van der Waals surface area (Å²) in [6.45, 7) is 4.87. The van der Waals surface area contributed by atoms with Crippen molar-refractivity contribution < 1.29 is 9.79 Å². The summed E-state index contributed by atoms with van der Waals surface area (Å²) >= 11 is 50.7. The van der Waals surface area contributed by atoms with Gasteiger partial charge in [0, 0.05) is 0 Å². The molecule has 0 atom stereocenters. The summed E-state index contributed by atoms with van der Waals surface area (Å²) in [5.41, 5.74) is 0. The number of hydrogen-bond donors (Lipinski definition) is 2. The van der Waals surface area contributed by atoms with Crippen LogP contribution in [0.15, 0.2) is 0 Å². The molecule has 140 valence electrons. The Bertz CT molecular complexity index is 371. The molecule has 2 nitrogen and oxygen atoms in total. The van der Waals surface area contributed by atoms with Crippen molar-refractivity contribution in [1.82, 2.24) is 0 Å². The molecule has 0 radical (unpaired) electrons. The third kappa shape index (κ3) is 4.57. The highest BCUT2D eigenvalue weighted by atomic mass is 35.5. The van der Waals surface area contributed by atoms with Crippen LogP contribution in [-0.2, 0) is 0 Å². The summed E-state index contributed by atoms with van der Waals surface area (Å²) in [6.07, 6.45) is 1.35. The predicted molar refractivity (Wildman–Crippen MR) is 107 cm³/mol. The predicted octanol–water partition coefficient (Wildman–Crippen LogP) is 7.34. The average Bonchev–Trinajstić information content (AvgIpc) is 2.36. The summed E-state index contributed by atoms with van der Waals surface area (Å²) in [6, 6.07) is 0. The van der Waals surface area contributed by atoms with E-state index in [9.17, 15) is 9.79 Å². The van der Waals surface area contributed by atoms with Crippen LogP contribution in [0.4, 0.5) is 0 Å². The van der Waals surface area contributed by atoms with E-state index in [0.29, 0.717) is 12.8 Å². The molecule has 0 unspecified atom stereocenters. The fourth-order valence-corrected chi connectivity index (χ4v) is 6.81. The van der Waals surface area contributed by atoms with Crippen LogP contribution in [0.1, 0.15) is 46.5 Å². The maximum absolute atomic E-state index is 10.1. The highest BCUT2D eigenvalue weighted by Crippen LogP contribution is 2.71. The second kappa shape index (κ2) is 8.78. The molecule has 0 aliphatic carbocycles. The first-order valence-electron chi connectivity index (χ1n) is 6.76. The Hall–Kier alpha value is 2.67. The summed E-state index contributed by atoms with van der Waals surface area (Å²) in [5.74, 6) is 0. The van der Waals surface area contributed by atoms with Gasteiger partial charge in [-0.3, -0.25) is 0 Å². The monoisotopic (exact) mass is 506 g/mol. The molecule has 0 aliphatic heterocycles. The molecule has 0 saturated heterocycles. The van der Waals surface area contributed by atoms with Gasteiger partial charge in [0.25, 0.3) is 0 Å². The second-order valence-corrected chi connectivity index (χ2v) is 12.5. The lowest BCUT2D eigenvalue weighted by Crippen LogP contribution is -2.66. The van der Waals surface area contributed by atoms with E-state index >= 15 is 0 Å². The van der Waals surface area contributed by atoms with Gasteiger partial charge < -0.3 is 9.79 Å². The zero-order chi connectivity index (χ0) is 18.9. The van der Waals surface area contributed by atoms with E-state index in [1.807, 2.05) is 0 Å². The zero-order valence-electron chi connectivity index (χ0n) is 12.7. The third-order valence-corrected chi connectivity index (χ3v) is 11.1. The minimum Gasteiger partial charge on any atom is -0.349 e. The molecule has 0 spiro atoms. The minimum absolute atomic E-state index is 0.150. The van der Waals surface area contributed by atoms with Crippen molar-refractivity contribution in [3.8, 4) is 0 Å². The Balaban J connectivity index is 6.32. The molecule has 0 amide bonds. The van der Waals surface area contributed by atoms with Crippen molar-refractivity contribution in [3.63, 3.8) is 0 Å². The normalized spacial score (nSPS) is 15.4. The Labute approximate surface area is 178 Å². The molecule has 0 aliphatic rings. The van der Waals surface area contributed by atoms with Crippen molar-refractivity contribution in [2.75, 3.05) is 0 Å². The Morgan fingerprint density at radius 3 is 1.13 bits per heavy atom. The van der Waals surface area contributed by atoms with Crippen molar-refractivity contribution in [3.05, 3.63) is 0 Å². The van der Waals surface area contributed by atoms with E-state index in [1.165, 1.54) is 6.92 Å². The molecular weight excluding hydrogens is 491 g/mol. The third-order valence-electron chi connectivity index (χ3n) is 3.67. The van der Waals surface area contributed by atoms with Crippen molar-refractivity contribution >= 4 is 101 Å². The Kier molecular flexibility index (Phi) is 9.80. The van der Waals surface area contributed by atoms with Gasteiger partial charge in [-0.15, -0.1) is 0 Å². The molecule has 2 N–H and O–H groups in total. The van der Waals surface area contributed by atoms with Gasteiger partial charge in [0.05, 0.1) is 0 Å². The van der Waals surface area contributed by atoms with Crippen LogP contribution in [0.5, 0.6) is 0 Å². The molecule has 0 aromatic rings. The number of alkyl halides is 8. The topological polar surface area (TPSA) is 40.5 Å². The molecule has 0 bridgehead atoms. The van der Waals surface area contributed by atoms with Crippen LogP contribution in [0.2, 0.25) is 0 Å². The van der Waals surface area contributed by atoms with Gasteiger partial charge in [-0.05, 0) is 19.8 Å². The maximum atomic E-state index is 10.1. The van der Waals surface area contributed by atoms with Gasteiger partial charge in [-0.25, -0.2) is 0 Å². The molecule has 0 fully saturated rings. The first-order chi connectivity index (χ1) is 10.1. The quantitative estimate of drug-likeness (QED) is 0.252. The largest absolute Gasteiger partial charge is 0.349 e. The zero-order valence-corrected chi connectivity index (χ0v) is 19.6. The van der Waals surface area contributed by atoms with Crippen molar-refractivity contribution in [1.29, 1.82) is 0 Å². The van der Waals surface area contributed by atoms with Crippen LogP contribution in [0.3, 0.4) is 0 Å². The lowest BCUT2D eigenvalue weighted by molar-refractivity contribution is 0.340. The minimum atomic E-state index is -2.94. The highest BCUT2D eigenvalue weighted by Gasteiger charge is 2.74. The van der Waals surface area contributed by atoms with Crippen LogP contribution in [-0.4, -0.2) is 32.3 Å². The fraction of sp³-hybridized carbons (Fsp3) is 1.00. The Morgan fingerprint density at radius 1 is 0.696 bits per heavy atom. The van der Waals surface area contributed by atoms with Gasteiger partial charge in [-0.2, -0.15) is 0 Å². The summed E-state index contributed by atoms with van der Waals surface area (Å²) in [5, 5.41) is -2.03. The van der Waals surface area contributed by atoms with E-state index in [2.05, 4.69) is 0 Å². The molecule has 11 heteroatoms. The van der Waals surface area contributed by atoms with Crippen LogP contribution >= 0.6 is 101 Å². The van der Waals surface area contributed by atoms with Crippen molar-refractivity contribution in [2.24, 2.45) is 0 Å². The van der Waals surface area contributed by atoms with Gasteiger partial charge >= 0.3 is 0 Å². The van der Waals surface area contributed by atoms with Gasteiger partial charge in [0.2, 0.25) is 0 Å². The lowest BCUT2D eigenvalue weighted by Gasteiger charge is -2.54. The van der Waals surface area contributed by atoms with E-state index in [1.54, 1.807) is 13.8 Å². The van der Waals surface area contributed by atoms with Crippen molar-refractivity contribution in [2.45, 2.75) is 68.9 Å². The molecule has 0 rings (SSSR count). The average molecular weight is 510 g/mol. The van der Waals surface area contributed by atoms with Crippen LogP contribution in [0, 0.1) is 0 Å². The molecule has 0 aromatic heterocycles. The molecular formula is C12H19Cl8O2P. The van der Waals surface area contributed by atoms with E-state index < -0.39 is 30.9 Å². The summed E-state index contributed by atoms with van der Waals surface area (Å²) < 4.78 is -7.89. The summed E-state index contributed by atoms with van der Waals surface area (Å²) in [4.78, 5) is 20.1. The van der Waals surface area contributed by atoms with E-state index in [4.69, 9.17) is 92.8 Å². The lowest BCUT2D eigenvalue weighted by atomic mass is 9.92. The van der Waals surface area contributed by atoms with E-state index in [-0.39, 0.29) is 12.8 Å². The SMILES string of the molecule is CCCC(Cl)(Cl)C(Cl)(Cl)C(C)(P(O)O)C(Cl)(Cl)C(Cl)(Cl)CCC. The maximum Gasteiger partial charge on any atom is 0.177 e. The highest BCUT2D eigenvalue weighted by molar-refractivity contribution is 7.48. The summed E-state index contributed by atoms with van der Waals surface area (Å²) in [7, 11) is -2.94. The Morgan fingerprint density at radius 2 is 0.957 bits per heavy atom. The van der Waals surface area contributed by atoms with Crippen LogP contribution < -0.4 is 0 Å². The number of halogens is 8. The standard InChI is InChI=1S/C12H19Cl8O2P/c1-4-6-9(13,14)11(17,18)8(3,23(21)22)12(19,20)10(15,16)7-5-2/h21-22H,4-7H2,1-3H3. The van der Waals surface area contributed by atoms with Crippen LogP contribution in [0.25, 0.3) is 0 Å². The molecule has 0 aromatic carbocycles. The van der Waals surface area contributed by atoms with E-state index in [0.717, 1.165) is 0 Å². The fourth-order valence-electron chi connectivity index (χ4n) is 2.10. The molecule has 0 saturated carbocycles. The number of hydrogen-bond acceptors (Lipinski definition) is 2. The van der Waals surface area contributed by atoms with Gasteiger partial charge in [-0.1, -0.05) is 119 Å². The number of rotatable bonds is 9. The van der Waals surface area contributed by atoms with Gasteiger partial charge in [0.1, 0.15) is 5.16 Å². The molecule has 0 heterocycles. The first-order valence-corrected chi connectivity index (χ1v) is 11.0. The molecule has 23 heavy (non-hydrogen) atoms. The smallest absolute Gasteiger partial charge is 0.177 e.